The fourth-order valence-corrected chi connectivity index (χ4v) is 11.1. The summed E-state index contributed by atoms with van der Waals surface area (Å²) in [5.74, 6) is 0. The van der Waals surface area contributed by atoms with Gasteiger partial charge in [0.2, 0.25) is 0 Å². The third-order valence-corrected chi connectivity index (χ3v) is 12.9. The zero-order chi connectivity index (χ0) is 15.5. The minimum absolute atomic E-state index is 0.783. The SMILES string of the molecule is Clc1cccc[c]1[Sb]([c]1ccccc1Cl)[c]1ccccc1Cl. The Morgan fingerprint density at radius 1 is 0.455 bits per heavy atom. The van der Waals surface area contributed by atoms with Gasteiger partial charge in [-0.05, 0) is 0 Å². The summed E-state index contributed by atoms with van der Waals surface area (Å²) in [5, 5.41) is 2.35. The number of benzene rings is 3. The number of rotatable bonds is 3. The summed E-state index contributed by atoms with van der Waals surface area (Å²) in [6.45, 7) is 0. The molecule has 0 atom stereocenters. The number of hydrogen-bond acceptors (Lipinski definition) is 0. The average Bonchev–Trinajstić information content (AvgIpc) is 2.53. The Bertz CT molecular complexity index is 693. The molecule has 0 heterocycles. The van der Waals surface area contributed by atoms with E-state index in [0.29, 0.717) is 0 Å². The third-order valence-electron chi connectivity index (χ3n) is 3.28. The molecule has 0 aliphatic heterocycles. The predicted molar refractivity (Wildman–Crippen MR) is 99.0 cm³/mol. The summed E-state index contributed by atoms with van der Waals surface area (Å²) in [6.07, 6.45) is 0. The fraction of sp³-hybridized carbons (Fsp3) is 0. The van der Waals surface area contributed by atoms with Gasteiger partial charge in [0.05, 0.1) is 0 Å². The van der Waals surface area contributed by atoms with E-state index in [9.17, 15) is 0 Å². The van der Waals surface area contributed by atoms with Gasteiger partial charge in [0, 0.05) is 0 Å². The topological polar surface area (TPSA) is 0 Å². The minimum atomic E-state index is -2.37. The van der Waals surface area contributed by atoms with Crippen LogP contribution in [0.2, 0.25) is 15.1 Å². The second-order valence-corrected chi connectivity index (χ2v) is 12.0. The standard InChI is InChI=1S/3C6H4Cl.Sb/c3*7-6-4-2-1-3-5-6;/h3*1-4H;. The zero-order valence-electron chi connectivity index (χ0n) is 11.5. The quantitative estimate of drug-likeness (QED) is 0.520. The van der Waals surface area contributed by atoms with E-state index >= 15 is 0 Å². The molecule has 0 saturated carbocycles. The van der Waals surface area contributed by atoms with Gasteiger partial charge in [0.15, 0.2) is 0 Å². The van der Waals surface area contributed by atoms with Crippen molar-refractivity contribution in [2.24, 2.45) is 0 Å². The van der Waals surface area contributed by atoms with Crippen LogP contribution in [0.15, 0.2) is 72.8 Å². The van der Waals surface area contributed by atoms with Crippen molar-refractivity contribution in [1.29, 1.82) is 0 Å². The molecule has 0 bridgehead atoms. The van der Waals surface area contributed by atoms with Crippen LogP contribution in [0.1, 0.15) is 0 Å². The van der Waals surface area contributed by atoms with Gasteiger partial charge in [0.25, 0.3) is 0 Å². The molecule has 4 heteroatoms. The molecule has 0 nitrogen and oxygen atoms in total. The van der Waals surface area contributed by atoms with Crippen LogP contribution in [0.5, 0.6) is 0 Å². The summed E-state index contributed by atoms with van der Waals surface area (Å²) in [4.78, 5) is 0. The van der Waals surface area contributed by atoms with E-state index in [1.54, 1.807) is 0 Å². The van der Waals surface area contributed by atoms with Crippen LogP contribution >= 0.6 is 34.8 Å². The Balaban J connectivity index is 2.27. The normalized spacial score (nSPS) is 10.9. The first kappa shape index (κ1) is 16.2. The first-order chi connectivity index (χ1) is 10.7. The van der Waals surface area contributed by atoms with E-state index in [-0.39, 0.29) is 0 Å². The Hall–Kier alpha value is -0.652. The van der Waals surface area contributed by atoms with Crippen molar-refractivity contribution in [3.05, 3.63) is 87.9 Å². The van der Waals surface area contributed by atoms with Crippen molar-refractivity contribution < 1.29 is 0 Å². The van der Waals surface area contributed by atoms with Crippen LogP contribution in [0.3, 0.4) is 0 Å². The summed E-state index contributed by atoms with van der Waals surface area (Å²) in [6, 6.07) is 24.0. The molecule has 3 aromatic carbocycles. The molecule has 0 aliphatic carbocycles. The molecule has 0 N–H and O–H groups in total. The van der Waals surface area contributed by atoms with Crippen LogP contribution in [0.25, 0.3) is 0 Å². The van der Waals surface area contributed by atoms with E-state index in [1.807, 2.05) is 54.6 Å². The monoisotopic (exact) mass is 454 g/mol. The summed E-state index contributed by atoms with van der Waals surface area (Å²) < 4.78 is 3.52. The van der Waals surface area contributed by atoms with Gasteiger partial charge >= 0.3 is 153 Å². The summed E-state index contributed by atoms with van der Waals surface area (Å²) in [7, 11) is 0. The van der Waals surface area contributed by atoms with Crippen LogP contribution in [0, 0.1) is 0 Å². The Kier molecular flexibility index (Phi) is 5.37. The van der Waals surface area contributed by atoms with Crippen molar-refractivity contribution in [3.8, 4) is 0 Å². The van der Waals surface area contributed by atoms with Gasteiger partial charge in [-0.2, -0.15) is 0 Å². The van der Waals surface area contributed by atoms with Crippen molar-refractivity contribution in [1.82, 2.24) is 0 Å². The molecule has 0 radical (unpaired) electrons. The maximum absolute atomic E-state index is 6.48. The summed E-state index contributed by atoms with van der Waals surface area (Å²) >= 11 is 17.1. The second kappa shape index (κ2) is 7.28. The van der Waals surface area contributed by atoms with Gasteiger partial charge < -0.3 is 0 Å². The second-order valence-electron chi connectivity index (χ2n) is 4.69. The van der Waals surface area contributed by atoms with Gasteiger partial charge in [-0.15, -0.1) is 0 Å². The van der Waals surface area contributed by atoms with Gasteiger partial charge in [0.1, 0.15) is 0 Å². The van der Waals surface area contributed by atoms with Gasteiger partial charge in [-0.25, -0.2) is 0 Å². The van der Waals surface area contributed by atoms with Gasteiger partial charge in [-0.1, -0.05) is 0 Å². The maximum atomic E-state index is 6.48. The molecule has 0 fully saturated rings. The van der Waals surface area contributed by atoms with Crippen molar-refractivity contribution in [2.75, 3.05) is 0 Å². The molecule has 0 saturated heterocycles. The predicted octanol–water partition coefficient (Wildman–Crippen LogP) is 4.16. The van der Waals surface area contributed by atoms with E-state index < -0.39 is 20.2 Å². The van der Waals surface area contributed by atoms with E-state index in [0.717, 1.165) is 15.1 Å². The molecule has 3 aromatic rings. The molecule has 0 unspecified atom stereocenters. The Labute approximate surface area is 152 Å². The molecular formula is C18H12Cl3Sb. The molecule has 0 aliphatic rings. The van der Waals surface area contributed by atoms with E-state index in [4.69, 9.17) is 34.8 Å². The fourth-order valence-electron chi connectivity index (χ4n) is 2.29. The number of halogens is 3. The van der Waals surface area contributed by atoms with Crippen LogP contribution in [-0.4, -0.2) is 20.2 Å². The Morgan fingerprint density at radius 2 is 0.727 bits per heavy atom. The van der Waals surface area contributed by atoms with E-state index in [2.05, 4.69) is 18.2 Å². The molecule has 110 valence electrons. The van der Waals surface area contributed by atoms with Crippen LogP contribution in [0.4, 0.5) is 0 Å². The molecular weight excluding hydrogens is 444 g/mol. The van der Waals surface area contributed by atoms with Crippen molar-refractivity contribution >= 4 is 65.5 Å². The third kappa shape index (κ3) is 3.31. The molecule has 0 amide bonds. The summed E-state index contributed by atoms with van der Waals surface area (Å²) in [5.41, 5.74) is 0. The van der Waals surface area contributed by atoms with Crippen LogP contribution < -0.4 is 10.5 Å². The first-order valence-corrected chi connectivity index (χ1v) is 11.7. The Morgan fingerprint density at radius 3 is 1.00 bits per heavy atom. The van der Waals surface area contributed by atoms with E-state index in [1.165, 1.54) is 10.5 Å². The van der Waals surface area contributed by atoms with Crippen LogP contribution in [-0.2, 0) is 0 Å². The van der Waals surface area contributed by atoms with Crippen molar-refractivity contribution in [2.45, 2.75) is 0 Å². The molecule has 22 heavy (non-hydrogen) atoms. The van der Waals surface area contributed by atoms with Crippen molar-refractivity contribution in [3.63, 3.8) is 0 Å². The van der Waals surface area contributed by atoms with Gasteiger partial charge in [-0.3, -0.25) is 0 Å². The molecule has 0 spiro atoms. The average molecular weight is 456 g/mol. The number of hydrogen-bond donors (Lipinski definition) is 0. The zero-order valence-corrected chi connectivity index (χ0v) is 16.3. The molecule has 3 rings (SSSR count). The molecule has 0 aromatic heterocycles. The first-order valence-electron chi connectivity index (χ1n) is 6.72.